The molecule has 1 aromatic heterocycles. The number of aromatic nitrogens is 2. The van der Waals surface area contributed by atoms with Crippen LogP contribution in [0.15, 0.2) is 48.7 Å². The molecule has 1 aliphatic heterocycles. The molecule has 0 unspecified atom stereocenters. The second-order valence-electron chi connectivity index (χ2n) is 6.76. The third-order valence-electron chi connectivity index (χ3n) is 4.97. The van der Waals surface area contributed by atoms with E-state index in [-0.39, 0.29) is 24.4 Å². The average Bonchev–Trinajstić information content (AvgIpc) is 3.04. The van der Waals surface area contributed by atoms with Crippen LogP contribution in [0.25, 0.3) is 22.0 Å². The van der Waals surface area contributed by atoms with E-state index in [4.69, 9.17) is 0 Å². The van der Waals surface area contributed by atoms with Crippen LogP contribution in [0.4, 0.5) is 0 Å². The number of aliphatic hydroxyl groups is 1. The van der Waals surface area contributed by atoms with Gasteiger partial charge in [-0.2, -0.15) is 5.10 Å². The summed E-state index contributed by atoms with van der Waals surface area (Å²) in [5, 5.41) is 21.4. The maximum absolute atomic E-state index is 12.6. The van der Waals surface area contributed by atoms with Crippen LogP contribution < -0.4 is 10.6 Å². The lowest BCUT2D eigenvalue weighted by atomic mass is 10.00. The number of fused-ring (bicyclic) bond motifs is 1. The second-order valence-corrected chi connectivity index (χ2v) is 6.76. The number of β-amino-alcohol motifs (C(OH)–C–C–N with tert-alkyl or cyclic N) is 1. The molecule has 1 amide bonds. The number of nitrogens with one attached hydrogen (secondary N) is 2. The number of nitrogens with zero attached hydrogens (tertiary/aromatic N) is 2. The molecule has 27 heavy (non-hydrogen) atoms. The Morgan fingerprint density at radius 2 is 2.07 bits per heavy atom. The molecule has 2 aromatic carbocycles. The first-order valence-corrected chi connectivity index (χ1v) is 8.84. The second kappa shape index (κ2) is 8.08. The predicted octanol–water partition coefficient (Wildman–Crippen LogP) is 2.11. The number of aryl methyl sites for hydroxylation is 1. The fourth-order valence-corrected chi connectivity index (χ4v) is 3.45. The Morgan fingerprint density at radius 3 is 2.89 bits per heavy atom. The van der Waals surface area contributed by atoms with Crippen molar-refractivity contribution in [2.45, 2.75) is 18.6 Å². The van der Waals surface area contributed by atoms with E-state index in [1.807, 2.05) is 48.3 Å². The Kier molecular flexibility index (Phi) is 5.79. The van der Waals surface area contributed by atoms with Gasteiger partial charge >= 0.3 is 0 Å². The molecule has 6 nitrogen and oxygen atoms in total. The highest BCUT2D eigenvalue weighted by Crippen LogP contribution is 2.25. The van der Waals surface area contributed by atoms with Crippen LogP contribution in [0.3, 0.4) is 0 Å². The zero-order valence-corrected chi connectivity index (χ0v) is 15.9. The van der Waals surface area contributed by atoms with Crippen molar-refractivity contribution in [3.05, 3.63) is 54.2 Å². The quantitative estimate of drug-likeness (QED) is 0.644. The molecule has 0 radical (unpaired) electrons. The molecule has 2 heterocycles. The maximum Gasteiger partial charge on any atom is 0.251 e. The minimum atomic E-state index is -0.552. The highest BCUT2D eigenvalue weighted by atomic mass is 35.5. The standard InChI is InChI=1S/C20H22N4O2.ClH/c1-24-18-6-5-14(10-16(18)11-22-24)13-3-2-4-15(9-13)20(26)23-17-7-8-21-12-19(17)25;/h2-6,9-11,17,19,21,25H,7-8,12H2,1H3,(H,23,26);1H/t17-,19-;/m1./s1. The number of piperidine rings is 1. The van der Waals surface area contributed by atoms with E-state index < -0.39 is 6.10 Å². The highest BCUT2D eigenvalue weighted by molar-refractivity contribution is 5.96. The Hall–Kier alpha value is -2.41. The molecule has 3 aromatic rings. The largest absolute Gasteiger partial charge is 0.390 e. The first-order valence-electron chi connectivity index (χ1n) is 8.84. The van der Waals surface area contributed by atoms with Crippen LogP contribution in [-0.2, 0) is 7.05 Å². The number of carbonyl (C=O) groups excluding carboxylic acids is 1. The maximum atomic E-state index is 12.6. The van der Waals surface area contributed by atoms with Gasteiger partial charge in [0, 0.05) is 24.5 Å². The molecule has 0 bridgehead atoms. The summed E-state index contributed by atoms with van der Waals surface area (Å²) in [6, 6.07) is 13.5. The van der Waals surface area contributed by atoms with Gasteiger partial charge < -0.3 is 15.7 Å². The lowest BCUT2D eigenvalue weighted by molar-refractivity contribution is 0.0765. The van der Waals surface area contributed by atoms with Gasteiger partial charge in [-0.3, -0.25) is 9.48 Å². The third kappa shape index (κ3) is 3.98. The Bertz CT molecular complexity index is 956. The van der Waals surface area contributed by atoms with Crippen LogP contribution >= 0.6 is 12.4 Å². The summed E-state index contributed by atoms with van der Waals surface area (Å²) >= 11 is 0. The summed E-state index contributed by atoms with van der Waals surface area (Å²) < 4.78 is 1.84. The van der Waals surface area contributed by atoms with Crippen LogP contribution in [0.5, 0.6) is 0 Å². The lowest BCUT2D eigenvalue weighted by Gasteiger charge is -2.29. The van der Waals surface area contributed by atoms with Gasteiger partial charge in [0.15, 0.2) is 0 Å². The zero-order valence-electron chi connectivity index (χ0n) is 15.1. The first kappa shape index (κ1) is 19.4. The van der Waals surface area contributed by atoms with E-state index in [2.05, 4.69) is 21.8 Å². The minimum absolute atomic E-state index is 0. The van der Waals surface area contributed by atoms with E-state index >= 15 is 0 Å². The third-order valence-corrected chi connectivity index (χ3v) is 4.97. The summed E-state index contributed by atoms with van der Waals surface area (Å²) in [6.07, 6.45) is 2.02. The molecule has 0 saturated carbocycles. The summed E-state index contributed by atoms with van der Waals surface area (Å²) in [6.45, 7) is 1.31. The molecule has 0 aliphatic carbocycles. The van der Waals surface area contributed by atoms with Crippen LogP contribution in [0.2, 0.25) is 0 Å². The average molecular weight is 387 g/mol. The van der Waals surface area contributed by atoms with Crippen molar-refractivity contribution < 1.29 is 9.90 Å². The van der Waals surface area contributed by atoms with Gasteiger partial charge in [-0.15, -0.1) is 12.4 Å². The summed E-state index contributed by atoms with van der Waals surface area (Å²) in [4.78, 5) is 12.6. The van der Waals surface area contributed by atoms with E-state index in [1.165, 1.54) is 0 Å². The smallest absolute Gasteiger partial charge is 0.251 e. The van der Waals surface area contributed by atoms with Crippen LogP contribution in [0, 0.1) is 0 Å². The lowest BCUT2D eigenvalue weighted by Crippen LogP contribution is -2.52. The number of hydrogen-bond acceptors (Lipinski definition) is 4. The van der Waals surface area contributed by atoms with Gasteiger partial charge in [0.1, 0.15) is 0 Å². The van der Waals surface area contributed by atoms with Crippen molar-refractivity contribution in [1.29, 1.82) is 0 Å². The molecule has 142 valence electrons. The zero-order chi connectivity index (χ0) is 18.1. The Labute approximate surface area is 164 Å². The Balaban J connectivity index is 0.00000210. The SMILES string of the molecule is Cl.Cn1ncc2cc(-c3cccc(C(=O)N[C@@H]4CCNC[C@H]4O)c3)ccc21. The van der Waals surface area contributed by atoms with E-state index in [1.54, 1.807) is 6.07 Å². The van der Waals surface area contributed by atoms with E-state index in [0.717, 1.165) is 35.0 Å². The van der Waals surface area contributed by atoms with Gasteiger partial charge in [-0.1, -0.05) is 18.2 Å². The number of amides is 1. The first-order chi connectivity index (χ1) is 12.6. The number of aliphatic hydroxyl groups excluding tert-OH is 1. The molecular weight excluding hydrogens is 364 g/mol. The molecule has 4 rings (SSSR count). The molecule has 2 atom stereocenters. The molecule has 7 heteroatoms. The summed E-state index contributed by atoms with van der Waals surface area (Å²) in [7, 11) is 1.92. The number of benzene rings is 2. The van der Waals surface area contributed by atoms with Crippen molar-refractivity contribution >= 4 is 29.2 Å². The van der Waals surface area contributed by atoms with Crippen molar-refractivity contribution in [2.24, 2.45) is 7.05 Å². The molecule has 0 spiro atoms. The molecule has 3 N–H and O–H groups in total. The predicted molar refractivity (Wildman–Crippen MR) is 108 cm³/mol. The molecule has 1 fully saturated rings. The normalized spacial score (nSPS) is 19.5. The fourth-order valence-electron chi connectivity index (χ4n) is 3.45. The van der Waals surface area contributed by atoms with Gasteiger partial charge in [0.25, 0.3) is 5.91 Å². The molecule has 1 aliphatic rings. The van der Waals surface area contributed by atoms with Crippen LogP contribution in [-0.4, -0.2) is 46.0 Å². The summed E-state index contributed by atoms with van der Waals surface area (Å²) in [5.74, 6) is -0.153. The number of rotatable bonds is 3. The number of carbonyl (C=O) groups is 1. The van der Waals surface area contributed by atoms with Crippen molar-refractivity contribution in [3.63, 3.8) is 0 Å². The summed E-state index contributed by atoms with van der Waals surface area (Å²) in [5.41, 5.74) is 3.69. The van der Waals surface area contributed by atoms with E-state index in [9.17, 15) is 9.90 Å². The van der Waals surface area contributed by atoms with E-state index in [0.29, 0.717) is 12.1 Å². The van der Waals surface area contributed by atoms with Gasteiger partial charge in [0.2, 0.25) is 0 Å². The van der Waals surface area contributed by atoms with Gasteiger partial charge in [0.05, 0.1) is 23.9 Å². The van der Waals surface area contributed by atoms with Crippen LogP contribution in [0.1, 0.15) is 16.8 Å². The number of hydrogen-bond donors (Lipinski definition) is 3. The fraction of sp³-hybridized carbons (Fsp3) is 0.300. The molecule has 1 saturated heterocycles. The number of halogens is 1. The molecular formula is C20H23ClN4O2. The van der Waals surface area contributed by atoms with Gasteiger partial charge in [-0.05, 0) is 48.4 Å². The van der Waals surface area contributed by atoms with Crippen molar-refractivity contribution in [3.8, 4) is 11.1 Å². The monoisotopic (exact) mass is 386 g/mol. The Morgan fingerprint density at radius 1 is 1.26 bits per heavy atom. The topological polar surface area (TPSA) is 79.2 Å². The van der Waals surface area contributed by atoms with Crippen molar-refractivity contribution in [2.75, 3.05) is 13.1 Å². The highest BCUT2D eigenvalue weighted by Gasteiger charge is 2.24. The van der Waals surface area contributed by atoms with Gasteiger partial charge in [-0.25, -0.2) is 0 Å². The van der Waals surface area contributed by atoms with Crippen molar-refractivity contribution in [1.82, 2.24) is 20.4 Å². The minimum Gasteiger partial charge on any atom is -0.390 e.